The average Bonchev–Trinajstić information content (AvgIpc) is 2.22. The Morgan fingerprint density at radius 1 is 1.00 bits per heavy atom. The van der Waals surface area contributed by atoms with Crippen LogP contribution in [-0.2, 0) is 0 Å². The minimum Gasteiger partial charge on any atom is -0.324 e. The van der Waals surface area contributed by atoms with Gasteiger partial charge in [0.15, 0.2) is 0 Å². The molecule has 0 aromatic carbocycles. The van der Waals surface area contributed by atoms with Crippen LogP contribution in [0.2, 0.25) is 15.2 Å². The molecule has 0 amide bonds. The lowest BCUT2D eigenvalue weighted by Crippen LogP contribution is -1.97. The fourth-order valence-electron chi connectivity index (χ4n) is 1.03. The maximum Gasteiger partial charge on any atom is 0.150 e. The van der Waals surface area contributed by atoms with Crippen LogP contribution in [0.4, 0.5) is 11.6 Å². The van der Waals surface area contributed by atoms with Crippen molar-refractivity contribution in [2.24, 2.45) is 0 Å². The summed E-state index contributed by atoms with van der Waals surface area (Å²) >= 11 is 17.4. The molecular weight excluding hydrogens is 270 g/mol. The summed E-state index contributed by atoms with van der Waals surface area (Å²) in [5.74, 6) is 0.970. The number of pyridine rings is 1. The quantitative estimate of drug-likeness (QED) is 0.851. The van der Waals surface area contributed by atoms with Crippen LogP contribution < -0.4 is 5.32 Å². The molecule has 4 nitrogen and oxygen atoms in total. The number of anilines is 2. The number of halogens is 3. The molecule has 2 rings (SSSR count). The third-order valence-corrected chi connectivity index (χ3v) is 2.39. The van der Waals surface area contributed by atoms with Crippen molar-refractivity contribution in [1.82, 2.24) is 15.0 Å². The van der Waals surface area contributed by atoms with Crippen LogP contribution in [0.5, 0.6) is 0 Å². The van der Waals surface area contributed by atoms with E-state index in [9.17, 15) is 0 Å². The lowest BCUT2D eigenvalue weighted by Gasteiger charge is -2.06. The Bertz CT molecular complexity index is 518. The smallest absolute Gasteiger partial charge is 0.150 e. The molecule has 82 valence electrons. The number of aromatic nitrogens is 3. The monoisotopic (exact) mass is 274 g/mol. The van der Waals surface area contributed by atoms with Gasteiger partial charge in [0.1, 0.15) is 23.1 Å². The second kappa shape index (κ2) is 4.82. The van der Waals surface area contributed by atoms with Crippen molar-refractivity contribution in [3.05, 3.63) is 39.9 Å². The molecule has 0 atom stereocenters. The van der Waals surface area contributed by atoms with Gasteiger partial charge in [-0.1, -0.05) is 34.8 Å². The van der Waals surface area contributed by atoms with E-state index in [1.54, 1.807) is 12.1 Å². The predicted molar refractivity (Wildman–Crippen MR) is 64.6 cm³/mol. The number of hydrogen-bond acceptors (Lipinski definition) is 4. The molecular formula is C9H5Cl3N4. The van der Waals surface area contributed by atoms with E-state index in [1.807, 2.05) is 0 Å². The largest absolute Gasteiger partial charge is 0.324 e. The van der Waals surface area contributed by atoms with Crippen LogP contribution in [0.15, 0.2) is 24.7 Å². The molecule has 7 heteroatoms. The van der Waals surface area contributed by atoms with Crippen molar-refractivity contribution >= 4 is 46.4 Å². The van der Waals surface area contributed by atoms with Gasteiger partial charge in [-0.3, -0.25) is 0 Å². The number of nitrogens with one attached hydrogen (secondary N) is 1. The Morgan fingerprint density at radius 3 is 2.50 bits per heavy atom. The number of nitrogens with zero attached hydrogens (tertiary/aromatic N) is 3. The summed E-state index contributed by atoms with van der Waals surface area (Å²) in [7, 11) is 0. The van der Waals surface area contributed by atoms with Gasteiger partial charge in [-0.2, -0.15) is 0 Å². The first-order valence-corrected chi connectivity index (χ1v) is 5.34. The molecule has 0 fully saturated rings. The predicted octanol–water partition coefficient (Wildman–Crippen LogP) is 3.58. The zero-order valence-corrected chi connectivity index (χ0v) is 10.1. The number of hydrogen-bond donors (Lipinski definition) is 1. The highest BCUT2D eigenvalue weighted by Crippen LogP contribution is 2.25. The van der Waals surface area contributed by atoms with Gasteiger partial charge in [0.2, 0.25) is 0 Å². The van der Waals surface area contributed by atoms with E-state index >= 15 is 0 Å². The van der Waals surface area contributed by atoms with E-state index < -0.39 is 0 Å². The van der Waals surface area contributed by atoms with Crippen LogP contribution in [-0.4, -0.2) is 15.0 Å². The van der Waals surface area contributed by atoms with Gasteiger partial charge < -0.3 is 5.32 Å². The van der Waals surface area contributed by atoms with Gasteiger partial charge in [0.05, 0.1) is 10.0 Å². The molecule has 0 spiro atoms. The van der Waals surface area contributed by atoms with E-state index in [-0.39, 0.29) is 0 Å². The van der Waals surface area contributed by atoms with E-state index in [2.05, 4.69) is 20.3 Å². The highest BCUT2D eigenvalue weighted by molar-refractivity contribution is 6.36. The molecule has 0 aliphatic carbocycles. The minimum absolute atomic E-state index is 0.336. The van der Waals surface area contributed by atoms with E-state index in [4.69, 9.17) is 34.8 Å². The van der Waals surface area contributed by atoms with Crippen LogP contribution in [0.1, 0.15) is 0 Å². The van der Waals surface area contributed by atoms with Crippen molar-refractivity contribution in [2.45, 2.75) is 0 Å². The molecule has 0 aliphatic rings. The van der Waals surface area contributed by atoms with Crippen molar-refractivity contribution in [2.75, 3.05) is 5.32 Å². The third-order valence-electron chi connectivity index (χ3n) is 1.69. The highest BCUT2D eigenvalue weighted by atomic mass is 35.5. The molecule has 2 aromatic heterocycles. The second-order valence-corrected chi connectivity index (χ2v) is 4.07. The zero-order valence-electron chi connectivity index (χ0n) is 7.78. The Kier molecular flexibility index (Phi) is 3.43. The first-order chi connectivity index (χ1) is 7.65. The molecule has 0 radical (unpaired) electrons. The van der Waals surface area contributed by atoms with Gasteiger partial charge in [-0.05, 0) is 6.07 Å². The number of rotatable bonds is 2. The first kappa shape index (κ1) is 11.4. The van der Waals surface area contributed by atoms with Gasteiger partial charge in [0.25, 0.3) is 0 Å². The lowest BCUT2D eigenvalue weighted by atomic mass is 10.4. The fraction of sp³-hybridized carbons (Fsp3) is 0. The lowest BCUT2D eigenvalue weighted by molar-refractivity contribution is 1.16. The average molecular weight is 276 g/mol. The Labute approximate surface area is 107 Å². The van der Waals surface area contributed by atoms with E-state index in [1.165, 1.54) is 12.5 Å². The van der Waals surface area contributed by atoms with Crippen molar-refractivity contribution in [3.8, 4) is 0 Å². The summed E-state index contributed by atoms with van der Waals surface area (Å²) < 4.78 is 0. The SMILES string of the molecule is Clc1cnc(Nc2cc(Cl)ncn2)c(Cl)c1. The normalized spacial score (nSPS) is 10.2. The summed E-state index contributed by atoms with van der Waals surface area (Å²) in [5, 5.41) is 4.11. The molecule has 2 aromatic rings. The van der Waals surface area contributed by atoms with E-state index in [0.29, 0.717) is 26.8 Å². The Morgan fingerprint density at radius 2 is 1.81 bits per heavy atom. The van der Waals surface area contributed by atoms with Crippen LogP contribution in [0, 0.1) is 0 Å². The van der Waals surface area contributed by atoms with Crippen molar-refractivity contribution in [1.29, 1.82) is 0 Å². The van der Waals surface area contributed by atoms with Crippen molar-refractivity contribution in [3.63, 3.8) is 0 Å². The van der Waals surface area contributed by atoms with Gasteiger partial charge in [-0.25, -0.2) is 15.0 Å². The summed E-state index contributed by atoms with van der Waals surface area (Å²) in [5.41, 5.74) is 0. The van der Waals surface area contributed by atoms with Gasteiger partial charge in [-0.15, -0.1) is 0 Å². The molecule has 0 aliphatic heterocycles. The molecule has 16 heavy (non-hydrogen) atoms. The summed E-state index contributed by atoms with van der Waals surface area (Å²) in [6.07, 6.45) is 2.83. The first-order valence-electron chi connectivity index (χ1n) is 4.21. The molecule has 0 unspecified atom stereocenters. The maximum atomic E-state index is 5.93. The zero-order chi connectivity index (χ0) is 11.5. The molecule has 1 N–H and O–H groups in total. The Balaban J connectivity index is 2.27. The summed E-state index contributed by atoms with van der Waals surface area (Å²) in [6.45, 7) is 0. The van der Waals surface area contributed by atoms with Crippen molar-refractivity contribution < 1.29 is 0 Å². The van der Waals surface area contributed by atoms with Gasteiger partial charge in [0, 0.05) is 12.3 Å². The van der Waals surface area contributed by atoms with Gasteiger partial charge >= 0.3 is 0 Å². The fourth-order valence-corrected chi connectivity index (χ4v) is 1.60. The highest BCUT2D eigenvalue weighted by Gasteiger charge is 2.04. The molecule has 0 saturated carbocycles. The summed E-state index contributed by atoms with van der Waals surface area (Å²) in [6, 6.07) is 3.15. The van der Waals surface area contributed by atoms with Crippen LogP contribution in [0.3, 0.4) is 0 Å². The van der Waals surface area contributed by atoms with Crippen LogP contribution >= 0.6 is 34.8 Å². The maximum absolute atomic E-state index is 5.93. The second-order valence-electron chi connectivity index (χ2n) is 2.83. The van der Waals surface area contributed by atoms with E-state index in [0.717, 1.165) is 0 Å². The van der Waals surface area contributed by atoms with Crippen LogP contribution in [0.25, 0.3) is 0 Å². The third kappa shape index (κ3) is 2.72. The summed E-state index contributed by atoms with van der Waals surface area (Å²) in [4.78, 5) is 11.7. The topological polar surface area (TPSA) is 50.7 Å². The molecule has 2 heterocycles. The minimum atomic E-state index is 0.336. The molecule has 0 bridgehead atoms. The standard InChI is InChI=1S/C9H5Cl3N4/c10-5-1-6(11)9(13-3-5)16-8-2-7(12)14-4-15-8/h1-4H,(H,13,14,15,16). The Hall–Kier alpha value is -1.10. The molecule has 0 saturated heterocycles.